The maximum atomic E-state index is 12.7. The molecule has 158 valence electrons. The lowest BCUT2D eigenvalue weighted by molar-refractivity contribution is -0.153. The minimum Gasteiger partial charge on any atom is -0.508 e. The highest BCUT2D eigenvalue weighted by molar-refractivity contribution is 7.91. The molecule has 2 unspecified atom stereocenters. The van der Waals surface area contributed by atoms with Gasteiger partial charge in [-0.15, -0.1) is 0 Å². The number of fused-ring (bicyclic) bond motifs is 1. The molecule has 1 amide bonds. The number of esters is 1. The van der Waals surface area contributed by atoms with Gasteiger partial charge in [0.1, 0.15) is 11.3 Å². The molecule has 2 aromatic rings. The Balaban J connectivity index is 1.62. The third-order valence-corrected chi connectivity index (χ3v) is 7.04. The Bertz CT molecular complexity index is 1010. The highest BCUT2D eigenvalue weighted by atomic mass is 32.2. The zero-order valence-electron chi connectivity index (χ0n) is 16.5. The third kappa shape index (κ3) is 4.90. The van der Waals surface area contributed by atoms with Gasteiger partial charge < -0.3 is 19.2 Å². The average molecular weight is 423 g/mol. The number of carbonyl (C=O) groups is 2. The summed E-state index contributed by atoms with van der Waals surface area (Å²) < 4.78 is 34.1. The van der Waals surface area contributed by atoms with E-state index < -0.39 is 28.3 Å². The molecule has 0 bridgehead atoms. The van der Waals surface area contributed by atoms with Crippen molar-refractivity contribution in [3.63, 3.8) is 0 Å². The second-order valence-corrected chi connectivity index (χ2v) is 9.62. The van der Waals surface area contributed by atoms with Crippen LogP contribution >= 0.6 is 0 Å². The Morgan fingerprint density at radius 1 is 1.38 bits per heavy atom. The van der Waals surface area contributed by atoms with Crippen LogP contribution < -0.4 is 0 Å². The number of aromatic hydroxyl groups is 1. The van der Waals surface area contributed by atoms with E-state index in [9.17, 15) is 23.1 Å². The number of rotatable bonds is 7. The molecule has 9 heteroatoms. The second kappa shape index (κ2) is 8.44. The molecular weight excluding hydrogens is 398 g/mol. The Kier molecular flexibility index (Phi) is 6.16. The SMILES string of the molecule is CCC(C)N(C(=O)COC(=O)Cc1coc2cc(O)ccc12)C1CCS(=O)(=O)C1. The molecule has 29 heavy (non-hydrogen) atoms. The van der Waals surface area contributed by atoms with Gasteiger partial charge in [0.2, 0.25) is 0 Å². The van der Waals surface area contributed by atoms with E-state index in [2.05, 4.69) is 0 Å². The first-order valence-electron chi connectivity index (χ1n) is 9.56. The first kappa shape index (κ1) is 21.2. The van der Waals surface area contributed by atoms with Gasteiger partial charge >= 0.3 is 5.97 Å². The predicted octanol–water partition coefficient (Wildman–Crippen LogP) is 2.04. The summed E-state index contributed by atoms with van der Waals surface area (Å²) in [5, 5.41) is 10.2. The number of carbonyl (C=O) groups excluding carboxylic acids is 2. The number of benzene rings is 1. The topological polar surface area (TPSA) is 114 Å². The Labute approximate surface area is 169 Å². The van der Waals surface area contributed by atoms with Gasteiger partial charge in [-0.05, 0) is 31.9 Å². The van der Waals surface area contributed by atoms with Gasteiger partial charge in [-0.1, -0.05) is 6.92 Å². The summed E-state index contributed by atoms with van der Waals surface area (Å²) >= 11 is 0. The zero-order valence-corrected chi connectivity index (χ0v) is 17.3. The van der Waals surface area contributed by atoms with Crippen molar-refractivity contribution in [3.8, 4) is 5.75 Å². The van der Waals surface area contributed by atoms with Gasteiger partial charge in [-0.2, -0.15) is 0 Å². The lowest BCUT2D eigenvalue weighted by atomic mass is 10.1. The fraction of sp³-hybridized carbons (Fsp3) is 0.500. The van der Waals surface area contributed by atoms with Crippen molar-refractivity contribution in [2.45, 2.75) is 45.2 Å². The van der Waals surface area contributed by atoms with Crippen molar-refractivity contribution in [3.05, 3.63) is 30.0 Å². The number of sulfone groups is 1. The lowest BCUT2D eigenvalue weighted by Crippen LogP contribution is -2.48. The minimum atomic E-state index is -3.14. The smallest absolute Gasteiger partial charge is 0.310 e. The number of phenols is 1. The number of nitrogens with zero attached hydrogens (tertiary/aromatic N) is 1. The molecule has 1 saturated heterocycles. The summed E-state index contributed by atoms with van der Waals surface area (Å²) in [5.74, 6) is -0.897. The number of hydrogen-bond acceptors (Lipinski definition) is 7. The number of furan rings is 1. The fourth-order valence-corrected chi connectivity index (χ4v) is 5.34. The van der Waals surface area contributed by atoms with Crippen LogP contribution in [0.25, 0.3) is 11.0 Å². The van der Waals surface area contributed by atoms with Crippen LogP contribution in [-0.2, 0) is 30.6 Å². The van der Waals surface area contributed by atoms with Gasteiger partial charge in [0, 0.05) is 29.1 Å². The molecule has 1 aromatic carbocycles. The minimum absolute atomic E-state index is 0.0507. The van der Waals surface area contributed by atoms with Crippen LogP contribution in [0.5, 0.6) is 5.75 Å². The average Bonchev–Trinajstić information content (AvgIpc) is 3.22. The number of ether oxygens (including phenoxy) is 1. The maximum Gasteiger partial charge on any atom is 0.310 e. The summed E-state index contributed by atoms with van der Waals surface area (Å²) in [4.78, 5) is 26.5. The second-order valence-electron chi connectivity index (χ2n) is 7.39. The van der Waals surface area contributed by atoms with Crippen LogP contribution in [0.15, 0.2) is 28.9 Å². The largest absolute Gasteiger partial charge is 0.508 e. The third-order valence-electron chi connectivity index (χ3n) is 5.29. The molecular formula is C20H25NO7S. The fourth-order valence-electron chi connectivity index (χ4n) is 3.63. The van der Waals surface area contributed by atoms with E-state index >= 15 is 0 Å². The quantitative estimate of drug-likeness (QED) is 0.678. The lowest BCUT2D eigenvalue weighted by Gasteiger charge is -2.33. The van der Waals surface area contributed by atoms with Gasteiger partial charge in [0.05, 0.1) is 24.2 Å². The molecule has 2 heterocycles. The van der Waals surface area contributed by atoms with Crippen LogP contribution in [-0.4, -0.2) is 60.5 Å². The van der Waals surface area contributed by atoms with Gasteiger partial charge in [0.25, 0.3) is 5.91 Å². The molecule has 1 aliphatic heterocycles. The summed E-state index contributed by atoms with van der Waals surface area (Å²) in [7, 11) is -3.14. The molecule has 1 N–H and O–H groups in total. The molecule has 1 fully saturated rings. The van der Waals surface area contributed by atoms with Crippen molar-refractivity contribution in [1.29, 1.82) is 0 Å². The maximum absolute atomic E-state index is 12.7. The standard InChI is InChI=1S/C20H25NO7S/c1-3-13(2)21(15-6-7-29(25,26)12-15)19(23)11-28-20(24)8-14-10-27-18-9-16(22)4-5-17(14)18/h4-5,9-10,13,15,22H,3,6-8,11-12H2,1-2H3. The van der Waals surface area contributed by atoms with Crippen LogP contribution in [0.4, 0.5) is 0 Å². The summed E-state index contributed by atoms with van der Waals surface area (Å²) in [6.07, 6.45) is 2.42. The molecule has 1 aliphatic rings. The number of amides is 1. The van der Waals surface area contributed by atoms with Gasteiger partial charge in [-0.3, -0.25) is 9.59 Å². The van der Waals surface area contributed by atoms with E-state index in [1.165, 1.54) is 18.4 Å². The Morgan fingerprint density at radius 2 is 2.14 bits per heavy atom. The zero-order chi connectivity index (χ0) is 21.2. The first-order chi connectivity index (χ1) is 13.7. The molecule has 3 rings (SSSR count). The van der Waals surface area contributed by atoms with E-state index in [4.69, 9.17) is 9.15 Å². The highest BCUT2D eigenvalue weighted by Gasteiger charge is 2.36. The van der Waals surface area contributed by atoms with Crippen LogP contribution in [0.3, 0.4) is 0 Å². The molecule has 0 spiro atoms. The summed E-state index contributed by atoms with van der Waals surface area (Å²) in [6, 6.07) is 4.06. The van der Waals surface area contributed by atoms with Crippen molar-refractivity contribution >= 4 is 32.7 Å². The summed E-state index contributed by atoms with van der Waals surface area (Å²) in [6.45, 7) is 3.34. The molecule has 8 nitrogen and oxygen atoms in total. The van der Waals surface area contributed by atoms with Crippen LogP contribution in [0, 0.1) is 0 Å². The van der Waals surface area contributed by atoms with Gasteiger partial charge in [0.15, 0.2) is 16.4 Å². The Morgan fingerprint density at radius 3 is 2.79 bits per heavy atom. The molecule has 0 saturated carbocycles. The van der Waals surface area contributed by atoms with Crippen molar-refractivity contribution < 1.29 is 32.3 Å². The first-order valence-corrected chi connectivity index (χ1v) is 11.4. The highest BCUT2D eigenvalue weighted by Crippen LogP contribution is 2.26. The predicted molar refractivity (Wildman–Crippen MR) is 106 cm³/mol. The number of hydrogen-bond donors (Lipinski definition) is 1. The van der Waals surface area contributed by atoms with E-state index in [0.717, 1.165) is 0 Å². The Hall–Kier alpha value is -2.55. The van der Waals surface area contributed by atoms with Crippen LogP contribution in [0.2, 0.25) is 0 Å². The molecule has 1 aromatic heterocycles. The molecule has 0 radical (unpaired) electrons. The monoisotopic (exact) mass is 423 g/mol. The van der Waals surface area contributed by atoms with Gasteiger partial charge in [-0.25, -0.2) is 8.42 Å². The van der Waals surface area contributed by atoms with Crippen molar-refractivity contribution in [1.82, 2.24) is 4.90 Å². The van der Waals surface area contributed by atoms with Crippen molar-refractivity contribution in [2.75, 3.05) is 18.1 Å². The normalized spacial score (nSPS) is 19.2. The van der Waals surface area contributed by atoms with Crippen molar-refractivity contribution in [2.24, 2.45) is 0 Å². The van der Waals surface area contributed by atoms with E-state index in [-0.39, 0.29) is 35.8 Å². The summed E-state index contributed by atoms with van der Waals surface area (Å²) in [5.41, 5.74) is 1.05. The van der Waals surface area contributed by atoms with E-state index in [1.54, 1.807) is 11.0 Å². The van der Waals surface area contributed by atoms with E-state index in [0.29, 0.717) is 29.4 Å². The number of phenolic OH excluding ortho intramolecular Hbond substituents is 1. The van der Waals surface area contributed by atoms with E-state index in [1.807, 2.05) is 13.8 Å². The molecule has 2 atom stereocenters. The molecule has 0 aliphatic carbocycles. The van der Waals surface area contributed by atoms with Crippen LogP contribution in [0.1, 0.15) is 32.3 Å².